The molecule has 1 aromatic heterocycles. The third-order valence-electron chi connectivity index (χ3n) is 5.47. The zero-order chi connectivity index (χ0) is 23.5. The number of hydrogen-bond acceptors (Lipinski definition) is 5. The molecule has 0 radical (unpaired) electrons. The lowest BCUT2D eigenvalue weighted by atomic mass is 10.1. The van der Waals surface area contributed by atoms with Crippen LogP contribution < -0.4 is 10.9 Å². The second-order valence-electron chi connectivity index (χ2n) is 7.74. The summed E-state index contributed by atoms with van der Waals surface area (Å²) >= 11 is 1.21. The predicted octanol–water partition coefficient (Wildman–Crippen LogP) is 4.94. The lowest BCUT2D eigenvalue weighted by Gasteiger charge is -2.16. The monoisotopic (exact) mass is 457 g/mol. The Morgan fingerprint density at radius 3 is 2.42 bits per heavy atom. The Balaban J connectivity index is 1.65. The zero-order valence-electron chi connectivity index (χ0n) is 18.6. The zero-order valence-corrected chi connectivity index (χ0v) is 19.4. The van der Waals surface area contributed by atoms with Gasteiger partial charge in [0, 0.05) is 11.3 Å². The third-order valence-corrected chi connectivity index (χ3v) is 6.41. The van der Waals surface area contributed by atoms with Gasteiger partial charge >= 0.3 is 0 Å². The largest absolute Gasteiger partial charge is 0.325 e. The van der Waals surface area contributed by atoms with Crippen LogP contribution in [0.1, 0.15) is 28.4 Å². The average molecular weight is 458 g/mol. The molecule has 0 unspecified atom stereocenters. The molecule has 0 spiro atoms. The smallest absolute Gasteiger partial charge is 0.266 e. The molecule has 0 atom stereocenters. The van der Waals surface area contributed by atoms with Crippen molar-refractivity contribution in [2.75, 3.05) is 11.1 Å². The van der Waals surface area contributed by atoms with Gasteiger partial charge in [0.05, 0.1) is 22.3 Å². The van der Waals surface area contributed by atoms with Crippen LogP contribution in [0.15, 0.2) is 76.7 Å². The van der Waals surface area contributed by atoms with Gasteiger partial charge in [-0.1, -0.05) is 36.0 Å². The van der Waals surface area contributed by atoms with Crippen LogP contribution in [-0.2, 0) is 4.79 Å². The summed E-state index contributed by atoms with van der Waals surface area (Å²) in [4.78, 5) is 42.2. The molecule has 1 N–H and O–H groups in total. The Bertz CT molecular complexity index is 1430. The standard InChI is InChI=1S/C26H23N3O3S/c1-16-7-6-10-23(17(16)2)29-25(32)21-8-4-5-9-22(21)28-26(29)33-15-24(31)27-20-13-11-19(12-14-20)18(3)30/h4-14H,15H2,1-3H3,(H,27,31). The summed E-state index contributed by atoms with van der Waals surface area (Å²) in [6.45, 7) is 5.46. The van der Waals surface area contributed by atoms with E-state index < -0.39 is 0 Å². The Labute approximate surface area is 195 Å². The number of nitrogens with zero attached hydrogens (tertiary/aromatic N) is 2. The van der Waals surface area contributed by atoms with Crippen molar-refractivity contribution < 1.29 is 9.59 Å². The van der Waals surface area contributed by atoms with Crippen LogP contribution in [0.5, 0.6) is 0 Å². The van der Waals surface area contributed by atoms with Crippen LogP contribution in [0.25, 0.3) is 16.6 Å². The molecule has 7 heteroatoms. The van der Waals surface area contributed by atoms with Crippen LogP contribution in [0.4, 0.5) is 5.69 Å². The van der Waals surface area contributed by atoms with Crippen molar-refractivity contribution in [3.63, 3.8) is 0 Å². The molecular formula is C26H23N3O3S. The van der Waals surface area contributed by atoms with E-state index in [1.807, 2.05) is 44.2 Å². The van der Waals surface area contributed by atoms with Crippen LogP contribution in [0, 0.1) is 13.8 Å². The fourth-order valence-corrected chi connectivity index (χ4v) is 4.32. The number of aryl methyl sites for hydroxylation is 1. The predicted molar refractivity (Wildman–Crippen MR) is 133 cm³/mol. The number of carbonyl (C=O) groups excluding carboxylic acids is 2. The molecule has 0 saturated heterocycles. The minimum absolute atomic E-state index is 0.0322. The number of amides is 1. The van der Waals surface area contributed by atoms with Crippen molar-refractivity contribution in [2.24, 2.45) is 0 Å². The number of ketones is 1. The second-order valence-corrected chi connectivity index (χ2v) is 8.68. The van der Waals surface area contributed by atoms with E-state index in [2.05, 4.69) is 5.32 Å². The lowest BCUT2D eigenvalue weighted by molar-refractivity contribution is -0.113. The van der Waals surface area contributed by atoms with Gasteiger partial charge in [-0.3, -0.25) is 19.0 Å². The van der Waals surface area contributed by atoms with E-state index in [9.17, 15) is 14.4 Å². The molecule has 1 heterocycles. The lowest BCUT2D eigenvalue weighted by Crippen LogP contribution is -2.23. The van der Waals surface area contributed by atoms with Crippen molar-refractivity contribution in [3.8, 4) is 5.69 Å². The molecule has 0 fully saturated rings. The molecule has 0 bridgehead atoms. The maximum absolute atomic E-state index is 13.4. The molecule has 0 aliphatic heterocycles. The number of nitrogens with one attached hydrogen (secondary N) is 1. The summed E-state index contributed by atoms with van der Waals surface area (Å²) in [5.41, 5.74) is 4.40. The Morgan fingerprint density at radius 1 is 0.970 bits per heavy atom. The van der Waals surface area contributed by atoms with Crippen LogP contribution in [-0.4, -0.2) is 27.0 Å². The van der Waals surface area contributed by atoms with Crippen LogP contribution >= 0.6 is 11.8 Å². The number of anilines is 1. The first-order valence-corrected chi connectivity index (χ1v) is 11.5. The van der Waals surface area contributed by atoms with Gasteiger partial charge in [0.2, 0.25) is 5.91 Å². The quantitative estimate of drug-likeness (QED) is 0.252. The van der Waals surface area contributed by atoms with Crippen molar-refractivity contribution >= 4 is 40.0 Å². The number of fused-ring (bicyclic) bond motifs is 1. The third kappa shape index (κ3) is 4.73. The Hall–Kier alpha value is -3.71. The molecule has 4 aromatic rings. The second kappa shape index (κ2) is 9.42. The molecule has 1 amide bonds. The minimum atomic E-state index is -0.231. The van der Waals surface area contributed by atoms with E-state index >= 15 is 0 Å². The maximum atomic E-state index is 13.4. The van der Waals surface area contributed by atoms with E-state index in [0.717, 1.165) is 16.8 Å². The number of para-hydroxylation sites is 1. The first-order chi connectivity index (χ1) is 15.8. The highest BCUT2D eigenvalue weighted by atomic mass is 32.2. The molecule has 0 aliphatic carbocycles. The van der Waals surface area contributed by atoms with E-state index in [0.29, 0.717) is 27.3 Å². The average Bonchev–Trinajstić information content (AvgIpc) is 2.80. The van der Waals surface area contributed by atoms with Crippen molar-refractivity contribution in [1.82, 2.24) is 9.55 Å². The van der Waals surface area contributed by atoms with E-state index in [1.54, 1.807) is 41.0 Å². The van der Waals surface area contributed by atoms with Gasteiger partial charge in [-0.25, -0.2) is 4.98 Å². The van der Waals surface area contributed by atoms with Gasteiger partial charge < -0.3 is 5.32 Å². The van der Waals surface area contributed by atoms with E-state index in [-0.39, 0.29) is 23.0 Å². The first-order valence-electron chi connectivity index (χ1n) is 10.5. The van der Waals surface area contributed by atoms with Gasteiger partial charge in [-0.15, -0.1) is 0 Å². The normalized spacial score (nSPS) is 10.9. The van der Waals surface area contributed by atoms with Crippen LogP contribution in [0.2, 0.25) is 0 Å². The minimum Gasteiger partial charge on any atom is -0.325 e. The summed E-state index contributed by atoms with van der Waals surface area (Å²) in [5.74, 6) is -0.190. The van der Waals surface area contributed by atoms with Gasteiger partial charge in [0.15, 0.2) is 10.9 Å². The number of hydrogen-bond donors (Lipinski definition) is 1. The van der Waals surface area contributed by atoms with E-state index in [4.69, 9.17) is 4.98 Å². The van der Waals surface area contributed by atoms with Crippen molar-refractivity contribution in [1.29, 1.82) is 0 Å². The molecule has 6 nitrogen and oxygen atoms in total. The number of aromatic nitrogens is 2. The Morgan fingerprint density at radius 2 is 1.70 bits per heavy atom. The van der Waals surface area contributed by atoms with Crippen molar-refractivity contribution in [2.45, 2.75) is 25.9 Å². The molecule has 33 heavy (non-hydrogen) atoms. The SMILES string of the molecule is CC(=O)c1ccc(NC(=O)CSc2nc3ccccc3c(=O)n2-c2cccc(C)c2C)cc1. The highest BCUT2D eigenvalue weighted by Gasteiger charge is 2.16. The highest BCUT2D eigenvalue weighted by Crippen LogP contribution is 2.24. The van der Waals surface area contributed by atoms with E-state index in [1.165, 1.54) is 18.7 Å². The number of carbonyl (C=O) groups is 2. The molecule has 166 valence electrons. The van der Waals surface area contributed by atoms with Gasteiger partial charge in [0.1, 0.15) is 0 Å². The summed E-state index contributed by atoms with van der Waals surface area (Å²) in [7, 11) is 0. The van der Waals surface area contributed by atoms with Gasteiger partial charge in [-0.05, 0) is 74.4 Å². The summed E-state index contributed by atoms with van der Waals surface area (Å²) in [6.07, 6.45) is 0. The number of thioether (sulfide) groups is 1. The van der Waals surface area contributed by atoms with Crippen molar-refractivity contribution in [3.05, 3.63) is 93.8 Å². The Kier molecular flexibility index (Phi) is 6.42. The number of rotatable bonds is 6. The molecule has 4 rings (SSSR count). The topological polar surface area (TPSA) is 81.1 Å². The number of Topliss-reactive ketones (excluding diaryl/α,β-unsaturated/α-hetero) is 1. The molecule has 0 aliphatic rings. The summed E-state index contributed by atoms with van der Waals surface area (Å²) < 4.78 is 1.59. The summed E-state index contributed by atoms with van der Waals surface area (Å²) in [6, 6.07) is 19.7. The highest BCUT2D eigenvalue weighted by molar-refractivity contribution is 7.99. The maximum Gasteiger partial charge on any atom is 0.266 e. The summed E-state index contributed by atoms with van der Waals surface area (Å²) in [5, 5.41) is 3.80. The molecule has 3 aromatic carbocycles. The first kappa shape index (κ1) is 22.5. The molecule has 0 saturated carbocycles. The van der Waals surface area contributed by atoms with Crippen LogP contribution in [0.3, 0.4) is 0 Å². The fourth-order valence-electron chi connectivity index (χ4n) is 3.51. The molecular weight excluding hydrogens is 434 g/mol. The fraction of sp³-hybridized carbons (Fsp3) is 0.154. The van der Waals surface area contributed by atoms with Gasteiger partial charge in [-0.2, -0.15) is 0 Å². The van der Waals surface area contributed by atoms with Gasteiger partial charge in [0.25, 0.3) is 5.56 Å². The number of benzene rings is 3.